The predicted octanol–water partition coefficient (Wildman–Crippen LogP) is 2.86. The van der Waals surface area contributed by atoms with E-state index in [4.69, 9.17) is 5.73 Å². The van der Waals surface area contributed by atoms with Crippen molar-refractivity contribution in [3.05, 3.63) is 29.3 Å². The van der Waals surface area contributed by atoms with E-state index in [1.807, 2.05) is 12.1 Å². The van der Waals surface area contributed by atoms with Crippen LogP contribution in [0.15, 0.2) is 23.1 Å². The maximum absolute atomic E-state index is 13.0. The van der Waals surface area contributed by atoms with E-state index in [1.165, 1.54) is 11.1 Å². The molecular formula is C17H25NO2S. The molecule has 0 saturated heterocycles. The smallest absolute Gasteiger partial charge is 0.182 e. The topological polar surface area (TPSA) is 60.2 Å². The molecule has 21 heavy (non-hydrogen) atoms. The van der Waals surface area contributed by atoms with Crippen LogP contribution in [0, 0.1) is 5.41 Å². The van der Waals surface area contributed by atoms with Crippen molar-refractivity contribution < 1.29 is 8.42 Å². The van der Waals surface area contributed by atoms with Crippen LogP contribution >= 0.6 is 0 Å². The fourth-order valence-corrected chi connectivity index (χ4v) is 5.96. The summed E-state index contributed by atoms with van der Waals surface area (Å²) in [4.78, 5) is 0.473. The van der Waals surface area contributed by atoms with Gasteiger partial charge in [0.25, 0.3) is 0 Å². The van der Waals surface area contributed by atoms with Crippen LogP contribution < -0.4 is 5.73 Å². The first-order chi connectivity index (χ1) is 9.79. The summed E-state index contributed by atoms with van der Waals surface area (Å²) in [6.45, 7) is 4.29. The number of hydrogen-bond donors (Lipinski definition) is 1. The maximum Gasteiger partial charge on any atom is 0.182 e. The molecule has 0 aliphatic heterocycles. The van der Waals surface area contributed by atoms with Crippen LogP contribution in [0.1, 0.15) is 50.7 Å². The number of sulfone groups is 1. The van der Waals surface area contributed by atoms with E-state index in [0.29, 0.717) is 11.3 Å². The van der Waals surface area contributed by atoms with E-state index in [2.05, 4.69) is 13.8 Å². The van der Waals surface area contributed by atoms with Crippen LogP contribution in [0.2, 0.25) is 0 Å². The zero-order valence-corrected chi connectivity index (χ0v) is 13.7. The van der Waals surface area contributed by atoms with E-state index in [0.717, 1.165) is 32.1 Å². The Balaban J connectivity index is 1.96. The Hall–Kier alpha value is -0.870. The number of hydrogen-bond acceptors (Lipinski definition) is 3. The minimum atomic E-state index is -3.33. The molecule has 2 aliphatic carbocycles. The minimum Gasteiger partial charge on any atom is -0.327 e. The van der Waals surface area contributed by atoms with Crippen molar-refractivity contribution in [3.8, 4) is 0 Å². The van der Waals surface area contributed by atoms with Crippen LogP contribution in [0.5, 0.6) is 0 Å². The first-order valence-electron chi connectivity index (χ1n) is 7.91. The summed E-state index contributed by atoms with van der Waals surface area (Å²) < 4.78 is 26.0. The second kappa shape index (κ2) is 5.10. The number of aryl methyl sites for hydroxylation is 2. The number of nitrogens with two attached hydrogens (primary N) is 1. The van der Waals surface area contributed by atoms with Gasteiger partial charge in [0.15, 0.2) is 9.84 Å². The van der Waals surface area contributed by atoms with Gasteiger partial charge in [0, 0.05) is 6.04 Å². The molecule has 1 saturated carbocycles. The van der Waals surface area contributed by atoms with Crippen molar-refractivity contribution in [3.63, 3.8) is 0 Å². The molecule has 0 heterocycles. The summed E-state index contributed by atoms with van der Waals surface area (Å²) in [5.41, 5.74) is 8.73. The Bertz CT molecular complexity index is 649. The molecule has 0 amide bonds. The molecule has 3 rings (SSSR count). The Labute approximate surface area is 127 Å². The second-order valence-corrected chi connectivity index (χ2v) is 9.61. The van der Waals surface area contributed by atoms with Gasteiger partial charge in [-0.05, 0) is 67.2 Å². The van der Waals surface area contributed by atoms with Gasteiger partial charge in [0.2, 0.25) is 0 Å². The summed E-state index contributed by atoms with van der Waals surface area (Å²) >= 11 is 0. The van der Waals surface area contributed by atoms with Gasteiger partial charge in [-0.1, -0.05) is 19.9 Å². The van der Waals surface area contributed by atoms with E-state index in [-0.39, 0.29) is 11.5 Å². The highest BCUT2D eigenvalue weighted by Crippen LogP contribution is 2.39. The molecule has 2 N–H and O–H groups in total. The number of rotatable bonds is 2. The molecule has 0 spiro atoms. The lowest BCUT2D eigenvalue weighted by atomic mass is 9.75. The first kappa shape index (κ1) is 15.0. The lowest BCUT2D eigenvalue weighted by Gasteiger charge is -2.38. The van der Waals surface area contributed by atoms with Crippen LogP contribution in [-0.2, 0) is 22.7 Å². The van der Waals surface area contributed by atoms with E-state index >= 15 is 0 Å². The Kier molecular flexibility index (Phi) is 3.65. The van der Waals surface area contributed by atoms with Crippen LogP contribution in [0.25, 0.3) is 0 Å². The van der Waals surface area contributed by atoms with Crippen LogP contribution in [0.3, 0.4) is 0 Å². The highest BCUT2D eigenvalue weighted by molar-refractivity contribution is 7.92. The van der Waals surface area contributed by atoms with E-state index in [1.54, 1.807) is 6.07 Å². The monoisotopic (exact) mass is 307 g/mol. The Morgan fingerprint density at radius 3 is 2.67 bits per heavy atom. The molecule has 0 aromatic heterocycles. The van der Waals surface area contributed by atoms with Gasteiger partial charge in [0.05, 0.1) is 10.1 Å². The first-order valence-corrected chi connectivity index (χ1v) is 9.45. The van der Waals surface area contributed by atoms with Gasteiger partial charge in [-0.2, -0.15) is 0 Å². The number of fused-ring (bicyclic) bond motifs is 1. The van der Waals surface area contributed by atoms with Gasteiger partial charge in [0.1, 0.15) is 0 Å². The zero-order valence-electron chi connectivity index (χ0n) is 12.9. The summed E-state index contributed by atoms with van der Waals surface area (Å²) in [6, 6.07) is 5.44. The van der Waals surface area contributed by atoms with Gasteiger partial charge < -0.3 is 5.73 Å². The molecule has 1 fully saturated rings. The number of benzene rings is 1. The largest absolute Gasteiger partial charge is 0.327 e. The third kappa shape index (κ3) is 2.76. The molecule has 4 heteroatoms. The third-order valence-corrected chi connectivity index (χ3v) is 7.41. The summed E-state index contributed by atoms with van der Waals surface area (Å²) in [6.07, 6.45) is 5.67. The Morgan fingerprint density at radius 1 is 1.19 bits per heavy atom. The average Bonchev–Trinajstić information content (AvgIpc) is 2.88. The highest BCUT2D eigenvalue weighted by Gasteiger charge is 2.41. The van der Waals surface area contributed by atoms with Crippen molar-refractivity contribution in [2.24, 2.45) is 11.1 Å². The predicted molar refractivity (Wildman–Crippen MR) is 85.0 cm³/mol. The molecule has 3 nitrogen and oxygen atoms in total. The Morgan fingerprint density at radius 2 is 1.90 bits per heavy atom. The molecule has 1 aromatic carbocycles. The fourth-order valence-electron chi connectivity index (χ4n) is 3.78. The standard InChI is InChI=1S/C17H25NO2S/c1-17(2)9-8-15(18)16(11-17)21(19,20)14-7-6-12-4-3-5-13(12)10-14/h6-7,10,15-16H,3-5,8-9,11,18H2,1-2H3. The van der Waals surface area contributed by atoms with E-state index in [9.17, 15) is 8.42 Å². The SMILES string of the molecule is CC1(C)CCC(N)C(S(=O)(=O)c2ccc3c(c2)CCC3)C1. The molecule has 1 aromatic rings. The summed E-state index contributed by atoms with van der Waals surface area (Å²) in [7, 11) is -3.33. The van der Waals surface area contributed by atoms with Gasteiger partial charge >= 0.3 is 0 Å². The normalized spacial score (nSPS) is 28.3. The van der Waals surface area contributed by atoms with Gasteiger partial charge in [-0.3, -0.25) is 0 Å². The van der Waals surface area contributed by atoms with Crippen molar-refractivity contribution in [1.82, 2.24) is 0 Å². The average molecular weight is 307 g/mol. The molecule has 0 bridgehead atoms. The maximum atomic E-state index is 13.0. The molecular weight excluding hydrogens is 282 g/mol. The fraction of sp³-hybridized carbons (Fsp3) is 0.647. The van der Waals surface area contributed by atoms with Crippen LogP contribution in [-0.4, -0.2) is 19.7 Å². The van der Waals surface area contributed by atoms with Crippen molar-refractivity contribution in [2.75, 3.05) is 0 Å². The van der Waals surface area contributed by atoms with Crippen molar-refractivity contribution >= 4 is 9.84 Å². The molecule has 2 atom stereocenters. The van der Waals surface area contributed by atoms with Gasteiger partial charge in [-0.25, -0.2) is 8.42 Å². The van der Waals surface area contributed by atoms with E-state index < -0.39 is 15.1 Å². The van der Waals surface area contributed by atoms with Crippen LogP contribution in [0.4, 0.5) is 0 Å². The molecule has 2 unspecified atom stereocenters. The summed E-state index contributed by atoms with van der Waals surface area (Å²) in [5.74, 6) is 0. The second-order valence-electron chi connectivity index (χ2n) is 7.44. The quantitative estimate of drug-likeness (QED) is 0.914. The highest BCUT2D eigenvalue weighted by atomic mass is 32.2. The van der Waals surface area contributed by atoms with Crippen molar-refractivity contribution in [1.29, 1.82) is 0 Å². The summed E-state index contributed by atoms with van der Waals surface area (Å²) in [5, 5.41) is -0.444. The minimum absolute atomic E-state index is 0.0599. The van der Waals surface area contributed by atoms with Gasteiger partial charge in [-0.15, -0.1) is 0 Å². The third-order valence-electron chi connectivity index (χ3n) is 5.18. The molecule has 0 radical (unpaired) electrons. The lowest BCUT2D eigenvalue weighted by molar-refractivity contribution is 0.227. The molecule has 116 valence electrons. The lowest BCUT2D eigenvalue weighted by Crippen LogP contribution is -2.47. The molecule has 2 aliphatic rings. The zero-order chi connectivity index (χ0) is 15.3. The van der Waals surface area contributed by atoms with Crippen molar-refractivity contribution in [2.45, 2.75) is 68.6 Å².